The molecule has 0 bridgehead atoms. The first-order valence-electron chi connectivity index (χ1n) is 17.6. The molecule has 3 heterocycles. The molecule has 3 atom stereocenters. The number of nitrogens with two attached hydrogens (primary N) is 2. The molecule has 3 amide bonds. The van der Waals surface area contributed by atoms with Crippen LogP contribution >= 0.6 is 11.3 Å². The molecule has 0 saturated heterocycles. The number of hydrogen-bond donors (Lipinski definition) is 3. The normalized spacial score (nSPS) is 17.3. The van der Waals surface area contributed by atoms with E-state index in [1.54, 1.807) is 0 Å². The first-order chi connectivity index (χ1) is 27.8. The average molecular weight is 844 g/mol. The van der Waals surface area contributed by atoms with E-state index < -0.39 is 112 Å². The molecule has 8 rings (SSSR count). The summed E-state index contributed by atoms with van der Waals surface area (Å²) in [5.74, 6) is -13.5. The van der Waals surface area contributed by atoms with Gasteiger partial charge in [0.25, 0.3) is 17.7 Å². The molecule has 1 unspecified atom stereocenters. The summed E-state index contributed by atoms with van der Waals surface area (Å²) in [5, 5.41) is 6.17. The predicted molar refractivity (Wildman–Crippen MR) is 193 cm³/mol. The molecule has 10 nitrogen and oxygen atoms in total. The topological polar surface area (TPSA) is 159 Å². The molecule has 6 aromatic rings. The van der Waals surface area contributed by atoms with Crippen LogP contribution in [0.5, 0.6) is 0 Å². The summed E-state index contributed by atoms with van der Waals surface area (Å²) < 4.78 is 132. The van der Waals surface area contributed by atoms with Gasteiger partial charge in [-0.05, 0) is 84.8 Å². The Balaban J connectivity index is 1.27. The van der Waals surface area contributed by atoms with Gasteiger partial charge in [0, 0.05) is 28.7 Å². The van der Waals surface area contributed by atoms with Crippen molar-refractivity contribution in [2.24, 2.45) is 17.4 Å². The summed E-state index contributed by atoms with van der Waals surface area (Å²) >= 11 is 0.989. The number of halogens is 9. The van der Waals surface area contributed by atoms with Crippen molar-refractivity contribution < 1.29 is 53.9 Å². The van der Waals surface area contributed by atoms with Gasteiger partial charge in [0.2, 0.25) is 5.91 Å². The number of primary amides is 2. The minimum absolute atomic E-state index is 0.0360. The molecule has 0 aliphatic heterocycles. The highest BCUT2D eigenvalue weighted by Crippen LogP contribution is 2.64. The van der Waals surface area contributed by atoms with Crippen LogP contribution in [0, 0.1) is 29.2 Å². The first kappa shape index (κ1) is 39.5. The van der Waals surface area contributed by atoms with Crippen molar-refractivity contribution in [3.05, 3.63) is 123 Å². The van der Waals surface area contributed by atoms with Crippen LogP contribution in [0.25, 0.3) is 32.0 Å². The number of benzene rings is 3. The van der Waals surface area contributed by atoms with Crippen molar-refractivity contribution >= 4 is 39.4 Å². The number of hydrogen-bond acceptors (Lipinski definition) is 7. The van der Waals surface area contributed by atoms with E-state index in [0.29, 0.717) is 15.4 Å². The van der Waals surface area contributed by atoms with Gasteiger partial charge >= 0.3 is 6.18 Å². The number of fused-ring (bicyclic) bond motifs is 4. The Hall–Kier alpha value is -6.31. The van der Waals surface area contributed by atoms with Crippen molar-refractivity contribution in [2.75, 3.05) is 0 Å². The Bertz CT molecular complexity index is 2730. The number of rotatable bonds is 10. The van der Waals surface area contributed by atoms with Gasteiger partial charge < -0.3 is 16.8 Å². The molecule has 5 N–H and O–H groups in total. The Morgan fingerprint density at radius 1 is 0.864 bits per heavy atom. The molecule has 0 spiro atoms. The molecule has 3 aromatic heterocycles. The van der Waals surface area contributed by atoms with E-state index in [1.165, 1.54) is 18.2 Å². The zero-order valence-electron chi connectivity index (χ0n) is 29.8. The lowest BCUT2D eigenvalue weighted by molar-refractivity contribution is -0.144. The van der Waals surface area contributed by atoms with E-state index in [4.69, 9.17) is 11.5 Å². The summed E-state index contributed by atoms with van der Waals surface area (Å²) in [7, 11) is 0. The molecule has 1 saturated carbocycles. The van der Waals surface area contributed by atoms with E-state index in [9.17, 15) is 45.1 Å². The molecule has 20 heteroatoms. The highest BCUT2D eigenvalue weighted by Gasteiger charge is 2.63. The third-order valence-corrected chi connectivity index (χ3v) is 11.5. The molecular formula is C39H26F9N7O3S. The number of carbonyl (C=O) groups is 3. The van der Waals surface area contributed by atoms with E-state index in [1.807, 2.05) is 0 Å². The monoisotopic (exact) mass is 843 g/mol. The summed E-state index contributed by atoms with van der Waals surface area (Å²) in [6.45, 7) is -1.14. The Morgan fingerprint density at radius 3 is 2.08 bits per heavy atom. The number of aromatic nitrogens is 4. The number of amides is 3. The Labute approximate surface area is 330 Å². The minimum atomic E-state index is -5.12. The second-order valence-electron chi connectivity index (χ2n) is 14.2. The van der Waals surface area contributed by atoms with E-state index >= 15 is 8.78 Å². The fraction of sp³-hybridized carbons (Fsp3) is 0.231. The Kier molecular flexibility index (Phi) is 9.51. The predicted octanol–water partition coefficient (Wildman–Crippen LogP) is 7.69. The molecular weight excluding hydrogens is 818 g/mol. The summed E-state index contributed by atoms with van der Waals surface area (Å²) in [4.78, 5) is 47.1. The van der Waals surface area contributed by atoms with Crippen molar-refractivity contribution in [2.45, 2.75) is 49.9 Å². The lowest BCUT2D eigenvalue weighted by Crippen LogP contribution is -2.36. The number of thiazole rings is 1. The third-order valence-electron chi connectivity index (χ3n) is 10.4. The van der Waals surface area contributed by atoms with Gasteiger partial charge in [0.15, 0.2) is 11.3 Å². The van der Waals surface area contributed by atoms with Gasteiger partial charge in [-0.25, -0.2) is 27.5 Å². The highest BCUT2D eigenvalue weighted by atomic mass is 32.1. The molecule has 1 fully saturated rings. The second kappa shape index (κ2) is 14.2. The van der Waals surface area contributed by atoms with E-state index in [-0.39, 0.29) is 51.4 Å². The maximum Gasteiger partial charge on any atom is 0.435 e. The van der Waals surface area contributed by atoms with Crippen LogP contribution in [0.1, 0.15) is 73.7 Å². The summed E-state index contributed by atoms with van der Waals surface area (Å²) in [6, 6.07) is 9.12. The number of nitrogens with zero attached hydrogens (tertiary/aromatic N) is 4. The SMILES string of the molecule is NC(=O)c1cc(-c2nc3nc(C(Cc4cc(F)cc(F)c4)NC(=O)Cn4nc(C(F)(F)F)c5c4C(F)(F)[C@@H]4CC[C@H]54)c(-c4ccc(F)c(C(N)=O)c4)cc3s2)ccc1F. The fourth-order valence-corrected chi connectivity index (χ4v) is 8.69. The largest absolute Gasteiger partial charge is 0.435 e. The zero-order chi connectivity index (χ0) is 42.3. The van der Waals surface area contributed by atoms with Crippen LogP contribution in [-0.4, -0.2) is 37.5 Å². The van der Waals surface area contributed by atoms with Gasteiger partial charge in [-0.3, -0.25) is 19.1 Å². The van der Waals surface area contributed by atoms with E-state index in [0.717, 1.165) is 47.7 Å². The van der Waals surface area contributed by atoms with Crippen LogP contribution in [0.3, 0.4) is 0 Å². The number of alkyl halides is 5. The standard InChI is InChI=1S/C39H26F9N7O3S/c40-18-7-15(8-19(41)12-18)9-27(51-29(56)14-55-33-30(32(54-55)39(46,47)48)20-3-4-24(20)38(33,44)45)31-21(16-1-5-25(42)22(10-16)34(49)57)13-28-36(52-31)53-37(59-28)17-2-6-26(43)23(11-17)35(50)58/h1-2,5-8,10-13,20,24,27H,3-4,9,14H2,(H2,49,57)(H2,50,58)(H,51,56)/t20-,24+,27?/m0/s1. The molecule has 3 aromatic carbocycles. The number of carbonyl (C=O) groups excluding carboxylic acids is 3. The van der Waals surface area contributed by atoms with Crippen molar-refractivity contribution in [3.63, 3.8) is 0 Å². The summed E-state index contributed by atoms with van der Waals surface area (Å²) in [5.41, 5.74) is 6.65. The van der Waals surface area contributed by atoms with Gasteiger partial charge in [0.1, 0.15) is 40.5 Å². The molecule has 304 valence electrons. The molecule has 2 aliphatic rings. The molecule has 2 aliphatic carbocycles. The van der Waals surface area contributed by atoms with Gasteiger partial charge in [-0.2, -0.15) is 27.1 Å². The van der Waals surface area contributed by atoms with Gasteiger partial charge in [-0.1, -0.05) is 6.07 Å². The average Bonchev–Trinajstić information content (AvgIpc) is 3.75. The van der Waals surface area contributed by atoms with Gasteiger partial charge in [-0.15, -0.1) is 11.3 Å². The number of nitrogens with one attached hydrogen (secondary N) is 1. The fourth-order valence-electron chi connectivity index (χ4n) is 7.74. The van der Waals surface area contributed by atoms with Crippen LogP contribution in [0.15, 0.2) is 60.7 Å². The lowest BCUT2D eigenvalue weighted by atomic mass is 9.73. The van der Waals surface area contributed by atoms with Crippen LogP contribution < -0.4 is 16.8 Å². The van der Waals surface area contributed by atoms with Crippen molar-refractivity contribution in [1.29, 1.82) is 0 Å². The van der Waals surface area contributed by atoms with Crippen LogP contribution in [0.2, 0.25) is 0 Å². The minimum Gasteiger partial charge on any atom is -0.366 e. The number of pyridine rings is 1. The van der Waals surface area contributed by atoms with Crippen molar-refractivity contribution in [1.82, 2.24) is 25.1 Å². The maximum atomic E-state index is 15.6. The maximum absolute atomic E-state index is 15.6. The quantitative estimate of drug-likeness (QED) is 0.120. The smallest absolute Gasteiger partial charge is 0.366 e. The van der Waals surface area contributed by atoms with Crippen LogP contribution in [-0.2, 0) is 29.9 Å². The first-order valence-corrected chi connectivity index (χ1v) is 18.4. The zero-order valence-corrected chi connectivity index (χ0v) is 30.6. The third kappa shape index (κ3) is 7.04. The second-order valence-corrected chi connectivity index (χ2v) is 15.2. The molecule has 59 heavy (non-hydrogen) atoms. The lowest BCUT2D eigenvalue weighted by Gasteiger charge is -2.34. The van der Waals surface area contributed by atoms with Crippen LogP contribution in [0.4, 0.5) is 39.5 Å². The van der Waals surface area contributed by atoms with Gasteiger partial charge in [0.05, 0.1) is 27.6 Å². The highest BCUT2D eigenvalue weighted by molar-refractivity contribution is 7.21. The Morgan fingerprint density at radius 2 is 1.49 bits per heavy atom. The summed E-state index contributed by atoms with van der Waals surface area (Å²) in [6.07, 6.45) is -5.56. The van der Waals surface area contributed by atoms with Crippen molar-refractivity contribution in [3.8, 4) is 21.7 Å². The van der Waals surface area contributed by atoms with E-state index in [2.05, 4.69) is 20.4 Å². The molecule has 0 radical (unpaired) electrons.